The molecule has 2 unspecified atom stereocenters. The van der Waals surface area contributed by atoms with E-state index in [9.17, 15) is 9.90 Å². The minimum absolute atomic E-state index is 0.111. The molecule has 2 atom stereocenters. The Labute approximate surface area is 132 Å². The molecule has 2 fully saturated rings. The lowest BCUT2D eigenvalue weighted by Gasteiger charge is -2.51. The number of carbonyl (C=O) groups excluding carboxylic acids is 1. The highest BCUT2D eigenvalue weighted by Gasteiger charge is 2.47. The standard InChI is InChI=1S/C18H25NO3/c1-2-22-17(20)19-15-9-6-10-16(19)13-18(21,12-15)11-14-7-4-3-5-8-14/h3-5,7-8,15-16,21H,2,6,9-13H2,1H3. The van der Waals surface area contributed by atoms with Crippen LogP contribution in [0.25, 0.3) is 0 Å². The Morgan fingerprint density at radius 1 is 1.27 bits per heavy atom. The fraction of sp³-hybridized carbons (Fsp3) is 0.611. The summed E-state index contributed by atoms with van der Waals surface area (Å²) in [6.07, 6.45) is 4.82. The number of nitrogens with zero attached hydrogens (tertiary/aromatic N) is 1. The number of ether oxygens (including phenoxy) is 1. The minimum atomic E-state index is -0.708. The van der Waals surface area contributed by atoms with Crippen LogP contribution in [0.3, 0.4) is 0 Å². The zero-order valence-corrected chi connectivity index (χ0v) is 13.2. The third kappa shape index (κ3) is 3.12. The maximum absolute atomic E-state index is 12.2. The van der Waals surface area contributed by atoms with Crippen LogP contribution in [0.2, 0.25) is 0 Å². The molecule has 0 spiro atoms. The molecule has 2 bridgehead atoms. The third-order valence-corrected chi connectivity index (χ3v) is 4.95. The summed E-state index contributed by atoms with van der Waals surface area (Å²) in [4.78, 5) is 14.1. The molecular formula is C18H25NO3. The van der Waals surface area contributed by atoms with Crippen molar-refractivity contribution in [2.75, 3.05) is 6.61 Å². The second-order valence-electron chi connectivity index (χ2n) is 6.64. The number of amides is 1. The first-order chi connectivity index (χ1) is 10.6. The summed E-state index contributed by atoms with van der Waals surface area (Å²) in [5.74, 6) is 0. The van der Waals surface area contributed by atoms with Crippen molar-refractivity contribution in [2.24, 2.45) is 0 Å². The number of aliphatic hydroxyl groups is 1. The van der Waals surface area contributed by atoms with Crippen LogP contribution in [0.5, 0.6) is 0 Å². The molecule has 1 N–H and O–H groups in total. The first kappa shape index (κ1) is 15.3. The van der Waals surface area contributed by atoms with Crippen LogP contribution in [0.4, 0.5) is 4.79 Å². The summed E-state index contributed by atoms with van der Waals surface area (Å²) in [6, 6.07) is 10.4. The van der Waals surface area contributed by atoms with Crippen LogP contribution in [-0.2, 0) is 11.2 Å². The van der Waals surface area contributed by atoms with E-state index < -0.39 is 5.60 Å². The molecule has 1 amide bonds. The molecular weight excluding hydrogens is 278 g/mol. The van der Waals surface area contributed by atoms with Crippen molar-refractivity contribution in [2.45, 2.75) is 63.1 Å². The average Bonchev–Trinajstić information content (AvgIpc) is 2.47. The number of piperidine rings is 2. The van der Waals surface area contributed by atoms with E-state index in [1.807, 2.05) is 30.0 Å². The predicted molar refractivity (Wildman–Crippen MR) is 84.6 cm³/mol. The zero-order chi connectivity index (χ0) is 15.6. The Hall–Kier alpha value is -1.55. The van der Waals surface area contributed by atoms with Crippen LogP contribution < -0.4 is 0 Å². The number of fused-ring (bicyclic) bond motifs is 2. The van der Waals surface area contributed by atoms with E-state index in [-0.39, 0.29) is 18.2 Å². The second kappa shape index (κ2) is 6.29. The third-order valence-electron chi connectivity index (χ3n) is 4.95. The molecule has 2 heterocycles. The molecule has 0 aliphatic carbocycles. The first-order valence-electron chi connectivity index (χ1n) is 8.33. The molecule has 1 aromatic rings. The van der Waals surface area contributed by atoms with E-state index in [4.69, 9.17) is 4.74 Å². The van der Waals surface area contributed by atoms with Crippen LogP contribution >= 0.6 is 0 Å². The van der Waals surface area contributed by atoms with E-state index in [2.05, 4.69) is 12.1 Å². The summed E-state index contributed by atoms with van der Waals surface area (Å²) >= 11 is 0. The van der Waals surface area contributed by atoms with Crippen molar-refractivity contribution in [3.05, 3.63) is 35.9 Å². The summed E-state index contributed by atoms with van der Waals surface area (Å²) in [7, 11) is 0. The highest BCUT2D eigenvalue weighted by Crippen LogP contribution is 2.41. The highest BCUT2D eigenvalue weighted by molar-refractivity contribution is 5.69. The van der Waals surface area contributed by atoms with Gasteiger partial charge in [-0.05, 0) is 44.6 Å². The topological polar surface area (TPSA) is 49.8 Å². The summed E-state index contributed by atoms with van der Waals surface area (Å²) in [5.41, 5.74) is 0.452. The van der Waals surface area contributed by atoms with Crippen LogP contribution in [-0.4, -0.2) is 40.4 Å². The zero-order valence-electron chi connectivity index (χ0n) is 13.2. The van der Waals surface area contributed by atoms with Crippen LogP contribution in [0, 0.1) is 0 Å². The van der Waals surface area contributed by atoms with E-state index in [1.54, 1.807) is 0 Å². The average molecular weight is 303 g/mol. The van der Waals surface area contributed by atoms with Crippen molar-refractivity contribution < 1.29 is 14.6 Å². The fourth-order valence-corrected chi connectivity index (χ4v) is 4.14. The molecule has 3 rings (SSSR count). The lowest BCUT2D eigenvalue weighted by Crippen LogP contribution is -2.60. The Bertz CT molecular complexity index is 502. The number of hydrogen-bond donors (Lipinski definition) is 1. The van der Waals surface area contributed by atoms with Crippen molar-refractivity contribution >= 4 is 6.09 Å². The molecule has 120 valence electrons. The van der Waals surface area contributed by atoms with Gasteiger partial charge >= 0.3 is 6.09 Å². The molecule has 2 aliphatic heterocycles. The van der Waals surface area contributed by atoms with Gasteiger partial charge in [0, 0.05) is 18.5 Å². The van der Waals surface area contributed by atoms with Gasteiger partial charge in [0.1, 0.15) is 0 Å². The van der Waals surface area contributed by atoms with Gasteiger partial charge in [-0.3, -0.25) is 0 Å². The van der Waals surface area contributed by atoms with Gasteiger partial charge in [-0.2, -0.15) is 0 Å². The maximum Gasteiger partial charge on any atom is 0.410 e. The quantitative estimate of drug-likeness (QED) is 0.933. The van der Waals surface area contributed by atoms with E-state index in [0.29, 0.717) is 25.9 Å². The SMILES string of the molecule is CCOC(=O)N1C2CCCC1CC(O)(Cc1ccccc1)C2. The molecule has 1 aromatic carbocycles. The van der Waals surface area contributed by atoms with Gasteiger partial charge in [0.25, 0.3) is 0 Å². The van der Waals surface area contributed by atoms with Gasteiger partial charge in [-0.25, -0.2) is 4.79 Å². The van der Waals surface area contributed by atoms with Crippen molar-refractivity contribution in [3.63, 3.8) is 0 Å². The Kier molecular flexibility index (Phi) is 4.39. The van der Waals surface area contributed by atoms with Crippen LogP contribution in [0.15, 0.2) is 30.3 Å². The Morgan fingerprint density at radius 3 is 2.50 bits per heavy atom. The predicted octanol–water partition coefficient (Wildman–Crippen LogP) is 3.13. The number of benzene rings is 1. The van der Waals surface area contributed by atoms with Gasteiger partial charge in [-0.1, -0.05) is 30.3 Å². The molecule has 2 saturated heterocycles. The fourth-order valence-electron chi connectivity index (χ4n) is 4.14. The Morgan fingerprint density at radius 2 is 1.91 bits per heavy atom. The monoisotopic (exact) mass is 303 g/mol. The largest absolute Gasteiger partial charge is 0.450 e. The van der Waals surface area contributed by atoms with Crippen molar-refractivity contribution in [1.29, 1.82) is 0 Å². The number of rotatable bonds is 3. The van der Waals surface area contributed by atoms with E-state index >= 15 is 0 Å². The first-order valence-corrected chi connectivity index (χ1v) is 8.33. The summed E-state index contributed by atoms with van der Waals surface area (Å²) in [5, 5.41) is 11.1. The van der Waals surface area contributed by atoms with Gasteiger partial charge < -0.3 is 14.7 Å². The second-order valence-corrected chi connectivity index (χ2v) is 6.64. The van der Waals surface area contributed by atoms with Gasteiger partial charge in [-0.15, -0.1) is 0 Å². The molecule has 22 heavy (non-hydrogen) atoms. The van der Waals surface area contributed by atoms with Crippen molar-refractivity contribution in [1.82, 2.24) is 4.90 Å². The lowest BCUT2D eigenvalue weighted by atomic mass is 9.73. The summed E-state index contributed by atoms with van der Waals surface area (Å²) in [6.45, 7) is 2.24. The molecule has 4 heteroatoms. The van der Waals surface area contributed by atoms with Crippen molar-refractivity contribution in [3.8, 4) is 0 Å². The lowest BCUT2D eigenvalue weighted by molar-refractivity contribution is -0.0835. The van der Waals surface area contributed by atoms with Gasteiger partial charge in [0.2, 0.25) is 0 Å². The summed E-state index contributed by atoms with van der Waals surface area (Å²) < 4.78 is 5.21. The highest BCUT2D eigenvalue weighted by atomic mass is 16.6. The molecule has 4 nitrogen and oxygen atoms in total. The van der Waals surface area contributed by atoms with E-state index in [0.717, 1.165) is 24.8 Å². The minimum Gasteiger partial charge on any atom is -0.450 e. The molecule has 0 radical (unpaired) electrons. The van der Waals surface area contributed by atoms with Gasteiger partial charge in [0.05, 0.1) is 12.2 Å². The number of carbonyl (C=O) groups is 1. The Balaban J connectivity index is 1.75. The molecule has 2 aliphatic rings. The maximum atomic E-state index is 12.2. The van der Waals surface area contributed by atoms with Crippen LogP contribution in [0.1, 0.15) is 44.6 Å². The smallest absolute Gasteiger partial charge is 0.410 e. The number of hydrogen-bond acceptors (Lipinski definition) is 3. The van der Waals surface area contributed by atoms with Gasteiger partial charge in [0.15, 0.2) is 0 Å². The normalized spacial score (nSPS) is 30.9. The van der Waals surface area contributed by atoms with E-state index in [1.165, 1.54) is 0 Å². The molecule has 0 aromatic heterocycles. The molecule has 0 saturated carbocycles.